The summed E-state index contributed by atoms with van der Waals surface area (Å²) >= 11 is 1.83. The van der Waals surface area contributed by atoms with Crippen molar-refractivity contribution in [2.45, 2.75) is 12.5 Å². The molecule has 3 nitrogen and oxygen atoms in total. The molecule has 84 valence electrons. The number of hydrogen-bond acceptors (Lipinski definition) is 3. The average molecular weight is 234 g/mol. The Kier molecular flexibility index (Phi) is 2.61. The third-order valence-corrected chi connectivity index (χ3v) is 4.29. The molecule has 0 aromatic carbocycles. The van der Waals surface area contributed by atoms with Gasteiger partial charge < -0.3 is 9.51 Å². The summed E-state index contributed by atoms with van der Waals surface area (Å²) in [6, 6.07) is 5.99. The monoisotopic (exact) mass is 234 g/mol. The quantitative estimate of drug-likeness (QED) is 0.857. The number of hydrogen-bond donors (Lipinski definition) is 1. The van der Waals surface area contributed by atoms with Gasteiger partial charge in [-0.3, -0.25) is 0 Å². The first-order chi connectivity index (χ1) is 7.83. The van der Waals surface area contributed by atoms with Crippen molar-refractivity contribution < 1.29 is 5.11 Å². The number of aromatic nitrogens is 2. The van der Waals surface area contributed by atoms with Gasteiger partial charge in [0.2, 0.25) is 0 Å². The highest BCUT2D eigenvalue weighted by molar-refractivity contribution is 7.99. The second kappa shape index (κ2) is 4.11. The number of nitrogens with zero attached hydrogens (tertiary/aromatic N) is 2. The number of imidazole rings is 1. The standard InChI is InChI=1S/C12H14N2OS/c15-11-8-16-7-9(11)5-10-6-14-4-2-1-3-12(14)13-10/h1-4,6,9,11,15H,5,7-8H2. The third-order valence-electron chi connectivity index (χ3n) is 3.05. The number of pyridine rings is 1. The lowest BCUT2D eigenvalue weighted by Crippen LogP contribution is -2.19. The molecule has 0 radical (unpaired) electrons. The number of fused-ring (bicyclic) bond motifs is 1. The molecular formula is C12H14N2OS. The van der Waals surface area contributed by atoms with Crippen LogP contribution in [0, 0.1) is 5.92 Å². The maximum absolute atomic E-state index is 9.77. The fourth-order valence-corrected chi connectivity index (χ4v) is 3.43. The van der Waals surface area contributed by atoms with Gasteiger partial charge in [-0.05, 0) is 24.3 Å². The van der Waals surface area contributed by atoms with Crippen LogP contribution in [0.5, 0.6) is 0 Å². The van der Waals surface area contributed by atoms with E-state index in [9.17, 15) is 5.11 Å². The summed E-state index contributed by atoms with van der Waals surface area (Å²) in [5, 5.41) is 9.77. The molecule has 2 unspecified atom stereocenters. The van der Waals surface area contributed by atoms with Crippen molar-refractivity contribution in [1.82, 2.24) is 9.38 Å². The van der Waals surface area contributed by atoms with Crippen LogP contribution in [0.4, 0.5) is 0 Å². The Labute approximate surface area is 98.5 Å². The van der Waals surface area contributed by atoms with E-state index in [2.05, 4.69) is 11.2 Å². The molecule has 0 bridgehead atoms. The van der Waals surface area contributed by atoms with Gasteiger partial charge >= 0.3 is 0 Å². The molecule has 1 N–H and O–H groups in total. The van der Waals surface area contributed by atoms with Gasteiger partial charge in [0.1, 0.15) is 5.65 Å². The largest absolute Gasteiger partial charge is 0.392 e. The minimum Gasteiger partial charge on any atom is -0.392 e. The lowest BCUT2D eigenvalue weighted by Gasteiger charge is -2.10. The number of aliphatic hydroxyl groups is 1. The van der Waals surface area contributed by atoms with E-state index in [1.165, 1.54) is 0 Å². The van der Waals surface area contributed by atoms with Gasteiger partial charge in [0.05, 0.1) is 11.8 Å². The molecule has 1 aliphatic heterocycles. The molecule has 0 spiro atoms. The van der Waals surface area contributed by atoms with Crippen LogP contribution in [-0.4, -0.2) is 32.1 Å². The Morgan fingerprint density at radius 2 is 2.38 bits per heavy atom. The molecule has 3 rings (SSSR count). The molecule has 1 fully saturated rings. The molecule has 0 saturated carbocycles. The first kappa shape index (κ1) is 10.2. The highest BCUT2D eigenvalue weighted by atomic mass is 32.2. The zero-order chi connectivity index (χ0) is 11.0. The van der Waals surface area contributed by atoms with E-state index in [0.717, 1.165) is 29.3 Å². The summed E-state index contributed by atoms with van der Waals surface area (Å²) in [5.74, 6) is 2.29. The van der Waals surface area contributed by atoms with Crippen molar-refractivity contribution in [3.63, 3.8) is 0 Å². The van der Waals surface area contributed by atoms with Crippen LogP contribution in [0.15, 0.2) is 30.6 Å². The van der Waals surface area contributed by atoms with Crippen LogP contribution in [0.1, 0.15) is 5.69 Å². The zero-order valence-corrected chi connectivity index (χ0v) is 9.73. The van der Waals surface area contributed by atoms with Gasteiger partial charge in [-0.15, -0.1) is 0 Å². The van der Waals surface area contributed by atoms with Gasteiger partial charge in [-0.25, -0.2) is 4.98 Å². The Hall–Kier alpha value is -1.00. The molecule has 2 aromatic rings. The van der Waals surface area contributed by atoms with Crippen LogP contribution in [-0.2, 0) is 6.42 Å². The number of thioether (sulfide) groups is 1. The molecule has 1 aliphatic rings. The van der Waals surface area contributed by atoms with Crippen molar-refractivity contribution in [2.24, 2.45) is 5.92 Å². The van der Waals surface area contributed by atoms with E-state index in [-0.39, 0.29) is 6.10 Å². The molecule has 4 heteroatoms. The van der Waals surface area contributed by atoms with Gasteiger partial charge in [0, 0.05) is 24.1 Å². The Balaban J connectivity index is 1.83. The summed E-state index contributed by atoms with van der Waals surface area (Å²) in [4.78, 5) is 4.55. The van der Waals surface area contributed by atoms with Crippen LogP contribution in [0.2, 0.25) is 0 Å². The third kappa shape index (κ3) is 1.83. The van der Waals surface area contributed by atoms with E-state index in [0.29, 0.717) is 5.92 Å². The summed E-state index contributed by atoms with van der Waals surface area (Å²) in [6.45, 7) is 0. The van der Waals surface area contributed by atoms with Crippen LogP contribution in [0.3, 0.4) is 0 Å². The van der Waals surface area contributed by atoms with Crippen molar-refractivity contribution in [3.05, 3.63) is 36.3 Å². The van der Waals surface area contributed by atoms with Gasteiger partial charge in [0.15, 0.2) is 0 Å². The van der Waals surface area contributed by atoms with Crippen molar-refractivity contribution in [1.29, 1.82) is 0 Å². The van der Waals surface area contributed by atoms with Gasteiger partial charge in [-0.2, -0.15) is 11.8 Å². The SMILES string of the molecule is OC1CSCC1Cc1cn2ccccc2n1. The topological polar surface area (TPSA) is 37.5 Å². The first-order valence-electron chi connectivity index (χ1n) is 5.51. The van der Waals surface area contributed by atoms with Crippen LogP contribution in [0.25, 0.3) is 5.65 Å². The van der Waals surface area contributed by atoms with Crippen molar-refractivity contribution in [3.8, 4) is 0 Å². The van der Waals surface area contributed by atoms with E-state index in [1.54, 1.807) is 0 Å². The lowest BCUT2D eigenvalue weighted by molar-refractivity contribution is 0.149. The van der Waals surface area contributed by atoms with E-state index >= 15 is 0 Å². The second-order valence-corrected chi connectivity index (χ2v) is 5.34. The molecule has 0 aliphatic carbocycles. The highest BCUT2D eigenvalue weighted by Gasteiger charge is 2.26. The second-order valence-electron chi connectivity index (χ2n) is 4.27. The molecule has 3 heterocycles. The average Bonchev–Trinajstić information content (AvgIpc) is 2.85. The van der Waals surface area contributed by atoms with Crippen molar-refractivity contribution >= 4 is 17.4 Å². The Morgan fingerprint density at radius 1 is 1.44 bits per heavy atom. The maximum atomic E-state index is 9.77. The number of rotatable bonds is 2. The number of aliphatic hydroxyl groups excluding tert-OH is 1. The van der Waals surface area contributed by atoms with Crippen LogP contribution >= 0.6 is 11.8 Å². The molecular weight excluding hydrogens is 220 g/mol. The molecule has 1 saturated heterocycles. The first-order valence-corrected chi connectivity index (χ1v) is 6.67. The maximum Gasteiger partial charge on any atom is 0.136 e. The normalized spacial score (nSPS) is 25.3. The Bertz CT molecular complexity index is 463. The van der Waals surface area contributed by atoms with Gasteiger partial charge in [-0.1, -0.05) is 6.07 Å². The molecule has 16 heavy (non-hydrogen) atoms. The fourth-order valence-electron chi connectivity index (χ4n) is 2.14. The lowest BCUT2D eigenvalue weighted by atomic mass is 10.0. The summed E-state index contributed by atoms with van der Waals surface area (Å²) < 4.78 is 2.03. The predicted molar refractivity (Wildman–Crippen MR) is 65.7 cm³/mol. The van der Waals surface area contributed by atoms with E-state index in [4.69, 9.17) is 0 Å². The Morgan fingerprint density at radius 3 is 3.12 bits per heavy atom. The minimum absolute atomic E-state index is 0.158. The van der Waals surface area contributed by atoms with Crippen LogP contribution < -0.4 is 0 Å². The molecule has 2 aromatic heterocycles. The molecule has 2 atom stereocenters. The van der Waals surface area contributed by atoms with E-state index < -0.39 is 0 Å². The molecule has 0 amide bonds. The summed E-state index contributed by atoms with van der Waals surface area (Å²) in [7, 11) is 0. The summed E-state index contributed by atoms with van der Waals surface area (Å²) in [6.07, 6.45) is 4.79. The fraction of sp³-hybridized carbons (Fsp3) is 0.417. The van der Waals surface area contributed by atoms with Crippen molar-refractivity contribution in [2.75, 3.05) is 11.5 Å². The predicted octanol–water partition coefficient (Wildman–Crippen LogP) is 1.60. The highest BCUT2D eigenvalue weighted by Crippen LogP contribution is 2.27. The minimum atomic E-state index is -0.158. The van der Waals surface area contributed by atoms with Gasteiger partial charge in [0.25, 0.3) is 0 Å². The summed E-state index contributed by atoms with van der Waals surface area (Å²) in [5.41, 5.74) is 2.07. The smallest absolute Gasteiger partial charge is 0.136 e. The van der Waals surface area contributed by atoms with E-state index in [1.807, 2.05) is 40.6 Å². The zero-order valence-electron chi connectivity index (χ0n) is 8.91.